The molecule has 2 amide bonds. The van der Waals surface area contributed by atoms with E-state index in [2.05, 4.69) is 0 Å². The summed E-state index contributed by atoms with van der Waals surface area (Å²) in [6, 6.07) is 7.83. The van der Waals surface area contributed by atoms with E-state index in [4.69, 9.17) is 0 Å². The van der Waals surface area contributed by atoms with Crippen LogP contribution in [0.1, 0.15) is 29.6 Å². The van der Waals surface area contributed by atoms with Crippen LogP contribution in [0.3, 0.4) is 0 Å². The summed E-state index contributed by atoms with van der Waals surface area (Å²) in [6.07, 6.45) is 0.163. The predicted molar refractivity (Wildman–Crippen MR) is 65.8 cm³/mol. The number of carbonyl (C=O) groups is 2. The van der Waals surface area contributed by atoms with E-state index in [-0.39, 0.29) is 18.4 Å². The summed E-state index contributed by atoms with van der Waals surface area (Å²) in [5, 5.41) is 9.57. The fourth-order valence-corrected chi connectivity index (χ4v) is 1.89. The number of alkyl halides is 2. The van der Waals surface area contributed by atoms with Crippen LogP contribution in [-0.4, -0.2) is 28.4 Å². The molecule has 1 saturated carbocycles. The monoisotopic (exact) mass is 284 g/mol. The second-order valence-electron chi connectivity index (χ2n) is 4.73. The Morgan fingerprint density at radius 2 is 1.75 bits per heavy atom. The average molecular weight is 284 g/mol. The largest absolute Gasteiger partial charge is 0.383 e. The van der Waals surface area contributed by atoms with Crippen molar-refractivity contribution in [1.29, 1.82) is 0 Å². The summed E-state index contributed by atoms with van der Waals surface area (Å²) in [7, 11) is 0. The van der Waals surface area contributed by atoms with Crippen molar-refractivity contribution in [2.75, 3.05) is 0 Å². The Kier molecular flexibility index (Phi) is 3.71. The van der Waals surface area contributed by atoms with Gasteiger partial charge in [-0.1, -0.05) is 18.2 Å². The maximum absolute atomic E-state index is 13.7. The molecule has 7 heteroatoms. The van der Waals surface area contributed by atoms with Crippen molar-refractivity contribution in [3.8, 4) is 0 Å². The molecule has 0 unspecified atom stereocenters. The molecule has 1 aliphatic rings. The minimum absolute atomic E-state index is 0.139. The average Bonchev–Trinajstić information content (AvgIpc) is 2.42. The van der Waals surface area contributed by atoms with E-state index in [0.29, 0.717) is 6.42 Å². The summed E-state index contributed by atoms with van der Waals surface area (Å²) in [6.45, 7) is 0. The van der Waals surface area contributed by atoms with Crippen molar-refractivity contribution < 1.29 is 23.5 Å². The quantitative estimate of drug-likeness (QED) is 0.724. The number of hydrazine groups is 1. The highest BCUT2D eigenvalue weighted by atomic mass is 19.3. The van der Waals surface area contributed by atoms with Crippen molar-refractivity contribution in [1.82, 2.24) is 10.9 Å². The van der Waals surface area contributed by atoms with Gasteiger partial charge in [-0.25, -0.2) is 0 Å². The molecule has 1 aromatic rings. The molecule has 108 valence electrons. The number of carbonyl (C=O) groups excluding carboxylic acids is 2. The van der Waals surface area contributed by atoms with Crippen LogP contribution in [0.5, 0.6) is 0 Å². The van der Waals surface area contributed by atoms with Gasteiger partial charge in [-0.05, 0) is 31.4 Å². The van der Waals surface area contributed by atoms with Gasteiger partial charge in [-0.3, -0.25) is 20.4 Å². The summed E-state index contributed by atoms with van der Waals surface area (Å²) in [5.41, 5.74) is 1.45. The predicted octanol–water partition coefficient (Wildman–Crippen LogP) is 0.998. The fraction of sp³-hybridized carbons (Fsp3) is 0.385. The van der Waals surface area contributed by atoms with Gasteiger partial charge in [0.1, 0.15) is 5.60 Å². The maximum atomic E-state index is 13.7. The lowest BCUT2D eigenvalue weighted by Crippen LogP contribution is -2.62. The van der Waals surface area contributed by atoms with E-state index in [0.717, 1.165) is 0 Å². The van der Waals surface area contributed by atoms with Gasteiger partial charge in [0, 0.05) is 5.56 Å². The van der Waals surface area contributed by atoms with Gasteiger partial charge in [0.05, 0.1) is 0 Å². The van der Waals surface area contributed by atoms with E-state index >= 15 is 0 Å². The van der Waals surface area contributed by atoms with Crippen molar-refractivity contribution in [3.63, 3.8) is 0 Å². The Hall–Kier alpha value is -2.02. The molecule has 5 nitrogen and oxygen atoms in total. The summed E-state index contributed by atoms with van der Waals surface area (Å²) in [5.74, 6) is -6.37. The van der Waals surface area contributed by atoms with E-state index in [1.807, 2.05) is 5.43 Å². The van der Waals surface area contributed by atoms with Gasteiger partial charge in [0.2, 0.25) is 0 Å². The summed E-state index contributed by atoms with van der Waals surface area (Å²) in [4.78, 5) is 23.0. The Morgan fingerprint density at radius 1 is 1.15 bits per heavy atom. The third-order valence-electron chi connectivity index (χ3n) is 3.38. The smallest absolute Gasteiger partial charge is 0.354 e. The van der Waals surface area contributed by atoms with Crippen molar-refractivity contribution in [2.45, 2.75) is 30.8 Å². The second kappa shape index (κ2) is 5.16. The zero-order chi connectivity index (χ0) is 14.8. The molecule has 0 radical (unpaired) electrons. The molecule has 20 heavy (non-hydrogen) atoms. The van der Waals surface area contributed by atoms with Crippen LogP contribution in [0.4, 0.5) is 8.78 Å². The Balaban J connectivity index is 1.94. The number of nitrogens with one attached hydrogen (secondary N) is 2. The van der Waals surface area contributed by atoms with Crippen LogP contribution < -0.4 is 10.9 Å². The first-order chi connectivity index (χ1) is 9.37. The SMILES string of the molecule is O=C(NNC(=O)C(F)(F)C1(O)CCC1)c1ccccc1. The van der Waals surface area contributed by atoms with Crippen LogP contribution in [0, 0.1) is 0 Å². The number of hydrogen-bond acceptors (Lipinski definition) is 3. The Morgan fingerprint density at radius 3 is 2.25 bits per heavy atom. The lowest BCUT2D eigenvalue weighted by Gasteiger charge is -2.41. The lowest BCUT2D eigenvalue weighted by atomic mass is 9.75. The van der Waals surface area contributed by atoms with E-state index in [9.17, 15) is 23.5 Å². The molecule has 0 bridgehead atoms. The van der Waals surface area contributed by atoms with Crippen molar-refractivity contribution in [2.24, 2.45) is 0 Å². The topological polar surface area (TPSA) is 78.4 Å². The number of aliphatic hydroxyl groups is 1. The molecule has 1 aliphatic carbocycles. The third-order valence-corrected chi connectivity index (χ3v) is 3.38. The number of amides is 2. The Labute approximate surface area is 113 Å². The van der Waals surface area contributed by atoms with E-state index in [1.54, 1.807) is 23.6 Å². The Bertz CT molecular complexity index is 516. The van der Waals surface area contributed by atoms with E-state index in [1.165, 1.54) is 12.1 Å². The third kappa shape index (κ3) is 2.49. The number of halogens is 2. The molecule has 0 saturated heterocycles. The molecule has 3 N–H and O–H groups in total. The van der Waals surface area contributed by atoms with Gasteiger partial charge >= 0.3 is 11.8 Å². The molecule has 0 heterocycles. The first-order valence-electron chi connectivity index (χ1n) is 6.13. The van der Waals surface area contributed by atoms with Crippen molar-refractivity contribution >= 4 is 11.8 Å². The summed E-state index contributed by atoms with van der Waals surface area (Å²) >= 11 is 0. The minimum Gasteiger partial charge on any atom is -0.383 e. The molecule has 1 aromatic carbocycles. The molecule has 0 aromatic heterocycles. The van der Waals surface area contributed by atoms with Crippen LogP contribution in [0.2, 0.25) is 0 Å². The van der Waals surface area contributed by atoms with Gasteiger partial charge in [-0.15, -0.1) is 0 Å². The highest BCUT2D eigenvalue weighted by molar-refractivity contribution is 5.96. The highest BCUT2D eigenvalue weighted by Crippen LogP contribution is 2.44. The van der Waals surface area contributed by atoms with E-state index < -0.39 is 23.3 Å². The van der Waals surface area contributed by atoms with Crippen LogP contribution in [-0.2, 0) is 4.79 Å². The first kappa shape index (κ1) is 14.4. The van der Waals surface area contributed by atoms with Crippen LogP contribution in [0.15, 0.2) is 30.3 Å². The molecule has 1 fully saturated rings. The molecular formula is C13H14F2N2O3. The van der Waals surface area contributed by atoms with Crippen molar-refractivity contribution in [3.05, 3.63) is 35.9 Å². The number of benzene rings is 1. The molecule has 0 aliphatic heterocycles. The standard InChI is InChI=1S/C13H14F2N2O3/c14-13(15,12(20)7-4-8-12)11(19)17-16-10(18)9-5-2-1-3-6-9/h1-3,5-6,20H,4,7-8H2,(H,16,18)(H,17,19). The van der Waals surface area contributed by atoms with Gasteiger partial charge in [-0.2, -0.15) is 8.78 Å². The zero-order valence-electron chi connectivity index (χ0n) is 10.5. The molecule has 0 spiro atoms. The van der Waals surface area contributed by atoms with Crippen LogP contribution >= 0.6 is 0 Å². The lowest BCUT2D eigenvalue weighted by molar-refractivity contribution is -0.216. The number of rotatable bonds is 3. The van der Waals surface area contributed by atoms with Crippen LogP contribution in [0.25, 0.3) is 0 Å². The molecular weight excluding hydrogens is 270 g/mol. The number of hydrogen-bond donors (Lipinski definition) is 3. The zero-order valence-corrected chi connectivity index (χ0v) is 10.5. The maximum Gasteiger partial charge on any atom is 0.354 e. The first-order valence-corrected chi connectivity index (χ1v) is 6.13. The highest BCUT2D eigenvalue weighted by Gasteiger charge is 2.61. The van der Waals surface area contributed by atoms with Gasteiger partial charge in [0.25, 0.3) is 5.91 Å². The molecule has 0 atom stereocenters. The normalized spacial score (nSPS) is 16.9. The minimum atomic E-state index is -3.94. The van der Waals surface area contributed by atoms with Gasteiger partial charge < -0.3 is 5.11 Å². The molecule has 2 rings (SSSR count). The van der Waals surface area contributed by atoms with Gasteiger partial charge in [0.15, 0.2) is 0 Å². The fourth-order valence-electron chi connectivity index (χ4n) is 1.89. The summed E-state index contributed by atoms with van der Waals surface area (Å²) < 4.78 is 27.4. The second-order valence-corrected chi connectivity index (χ2v) is 4.73.